The molecule has 3 N–H and O–H groups in total. The average Bonchev–Trinajstić information content (AvgIpc) is 3.57. The molecule has 1 aliphatic carbocycles. The summed E-state index contributed by atoms with van der Waals surface area (Å²) < 4.78 is 0. The van der Waals surface area contributed by atoms with Gasteiger partial charge in [-0.2, -0.15) is 5.10 Å². The summed E-state index contributed by atoms with van der Waals surface area (Å²) in [7, 11) is 0. The van der Waals surface area contributed by atoms with E-state index in [9.17, 15) is 0 Å². The summed E-state index contributed by atoms with van der Waals surface area (Å²) in [6.45, 7) is 10.2. The number of fused-ring (bicyclic) bond motifs is 2. The number of hydrogen-bond acceptors (Lipinski definition) is 4. The van der Waals surface area contributed by atoms with E-state index < -0.39 is 0 Å². The zero-order valence-electron chi connectivity index (χ0n) is 20.8. The van der Waals surface area contributed by atoms with Gasteiger partial charge in [0.05, 0.1) is 16.9 Å². The van der Waals surface area contributed by atoms with E-state index >= 15 is 0 Å². The van der Waals surface area contributed by atoms with Crippen molar-refractivity contribution in [1.29, 1.82) is 0 Å². The molecule has 0 spiro atoms. The molecule has 6 heteroatoms. The number of H-pyrrole nitrogens is 2. The van der Waals surface area contributed by atoms with E-state index in [4.69, 9.17) is 4.98 Å². The van der Waals surface area contributed by atoms with Gasteiger partial charge in [-0.25, -0.2) is 4.98 Å². The zero-order chi connectivity index (χ0) is 25.4. The predicted molar refractivity (Wildman–Crippen MR) is 151 cm³/mol. The van der Waals surface area contributed by atoms with Crippen molar-refractivity contribution in [2.75, 3.05) is 0 Å². The molecule has 0 amide bonds. The van der Waals surface area contributed by atoms with Gasteiger partial charge in [0.25, 0.3) is 0 Å². The molecule has 0 atom stereocenters. The summed E-state index contributed by atoms with van der Waals surface area (Å²) in [6.07, 6.45) is 12.0. The van der Waals surface area contributed by atoms with Gasteiger partial charge in [-0.3, -0.25) is 10.1 Å². The van der Waals surface area contributed by atoms with Crippen molar-refractivity contribution in [3.05, 3.63) is 109 Å². The third-order valence-electron chi connectivity index (χ3n) is 6.81. The highest BCUT2D eigenvalue weighted by molar-refractivity contribution is 6.00. The molecule has 4 aromatic heterocycles. The zero-order valence-corrected chi connectivity index (χ0v) is 20.8. The van der Waals surface area contributed by atoms with Crippen molar-refractivity contribution in [2.45, 2.75) is 19.8 Å². The van der Waals surface area contributed by atoms with Crippen LogP contribution in [-0.2, 0) is 0 Å². The lowest BCUT2D eigenvalue weighted by molar-refractivity contribution is 0.865. The number of nitrogens with one attached hydrogen (secondary N) is 3. The molecule has 0 unspecified atom stereocenters. The highest BCUT2D eigenvalue weighted by Crippen LogP contribution is 2.35. The van der Waals surface area contributed by atoms with Crippen LogP contribution in [0.4, 0.5) is 0 Å². The SMILES string of the molecule is C=C/C(=C\C(=C/C)c1ccc2[nH]nc(-c3cc4c(-c5cccnc5)cccc4[nH]3)c2n1)NC(=C)C1CC1. The normalized spacial score (nSPS) is 14.3. The molecule has 1 aliphatic rings. The molecule has 1 aromatic carbocycles. The minimum absolute atomic E-state index is 0.565. The summed E-state index contributed by atoms with van der Waals surface area (Å²) >= 11 is 0. The van der Waals surface area contributed by atoms with Gasteiger partial charge in [-0.05, 0) is 79.3 Å². The van der Waals surface area contributed by atoms with Crippen LogP contribution in [0.5, 0.6) is 0 Å². The van der Waals surface area contributed by atoms with Gasteiger partial charge in [0.15, 0.2) is 0 Å². The molecule has 6 rings (SSSR count). The van der Waals surface area contributed by atoms with E-state index in [-0.39, 0.29) is 0 Å². The Morgan fingerprint density at radius 3 is 2.76 bits per heavy atom. The Hall–Kier alpha value is -4.71. The standard InChI is InChI=1S/C31H28N6/c1-4-20(16-23(5-2)33-19(3)21-11-12-21)26-13-14-28-30(35-26)31(37-36-28)29-17-25-24(9-6-10-27(25)34-29)22-8-7-15-32-18-22/h4-10,13-18,21,33-34H,2-3,11-12H2,1H3,(H,36,37)/b20-4+,23-16+. The number of aromatic amines is 2. The van der Waals surface area contributed by atoms with Crippen LogP contribution in [-0.4, -0.2) is 25.1 Å². The molecule has 6 nitrogen and oxygen atoms in total. The third kappa shape index (κ3) is 4.38. The molecular weight excluding hydrogens is 456 g/mol. The van der Waals surface area contributed by atoms with E-state index in [1.165, 1.54) is 12.8 Å². The fourth-order valence-electron chi connectivity index (χ4n) is 4.64. The molecule has 1 fully saturated rings. The number of allylic oxidation sites excluding steroid dienone is 5. The first-order valence-electron chi connectivity index (χ1n) is 12.5. The minimum atomic E-state index is 0.565. The van der Waals surface area contributed by atoms with Crippen molar-refractivity contribution in [2.24, 2.45) is 5.92 Å². The van der Waals surface area contributed by atoms with E-state index in [1.54, 1.807) is 6.20 Å². The summed E-state index contributed by atoms with van der Waals surface area (Å²) in [6, 6.07) is 16.5. The van der Waals surface area contributed by atoms with Crippen molar-refractivity contribution in [3.8, 4) is 22.5 Å². The molecule has 37 heavy (non-hydrogen) atoms. The molecule has 0 aliphatic heterocycles. The summed E-state index contributed by atoms with van der Waals surface area (Å²) in [5, 5.41) is 12.3. The number of pyridine rings is 2. The van der Waals surface area contributed by atoms with Crippen LogP contribution < -0.4 is 5.32 Å². The minimum Gasteiger partial charge on any atom is -0.359 e. The van der Waals surface area contributed by atoms with Gasteiger partial charge in [-0.15, -0.1) is 0 Å². The van der Waals surface area contributed by atoms with Crippen LogP contribution in [0.1, 0.15) is 25.5 Å². The lowest BCUT2D eigenvalue weighted by Crippen LogP contribution is -2.11. The second-order valence-electron chi connectivity index (χ2n) is 9.33. The second-order valence-corrected chi connectivity index (χ2v) is 9.33. The van der Waals surface area contributed by atoms with Gasteiger partial charge in [0.2, 0.25) is 0 Å². The first-order chi connectivity index (χ1) is 18.1. The van der Waals surface area contributed by atoms with Crippen LogP contribution in [0.2, 0.25) is 0 Å². The smallest absolute Gasteiger partial charge is 0.135 e. The second kappa shape index (κ2) is 9.39. The molecule has 1 saturated carbocycles. The molecule has 182 valence electrons. The summed E-state index contributed by atoms with van der Waals surface area (Å²) in [5.74, 6) is 0.565. The topological polar surface area (TPSA) is 82.3 Å². The van der Waals surface area contributed by atoms with Crippen LogP contribution in [0.25, 0.3) is 50.0 Å². The van der Waals surface area contributed by atoms with Crippen LogP contribution in [0.15, 0.2) is 104 Å². The third-order valence-corrected chi connectivity index (χ3v) is 6.81. The summed E-state index contributed by atoms with van der Waals surface area (Å²) in [4.78, 5) is 12.9. The van der Waals surface area contributed by atoms with Gasteiger partial charge in [0, 0.05) is 40.3 Å². The highest BCUT2D eigenvalue weighted by atomic mass is 15.1. The van der Waals surface area contributed by atoms with Crippen molar-refractivity contribution in [1.82, 2.24) is 30.5 Å². The molecule has 5 aromatic rings. The van der Waals surface area contributed by atoms with Gasteiger partial charge < -0.3 is 10.3 Å². The molecule has 4 heterocycles. The first-order valence-corrected chi connectivity index (χ1v) is 12.5. The predicted octanol–water partition coefficient (Wildman–Crippen LogP) is 7.15. The Labute approximate surface area is 215 Å². The van der Waals surface area contributed by atoms with Gasteiger partial charge >= 0.3 is 0 Å². The maximum atomic E-state index is 5.03. The summed E-state index contributed by atoms with van der Waals surface area (Å²) in [5.41, 5.74) is 10.5. The van der Waals surface area contributed by atoms with E-state index in [0.717, 1.165) is 67.1 Å². The molecule has 0 radical (unpaired) electrons. The van der Waals surface area contributed by atoms with Crippen LogP contribution in [0, 0.1) is 5.92 Å². The lowest BCUT2D eigenvalue weighted by Gasteiger charge is -2.11. The Balaban J connectivity index is 1.39. The molecule has 0 bridgehead atoms. The van der Waals surface area contributed by atoms with Gasteiger partial charge in [0.1, 0.15) is 11.2 Å². The quantitative estimate of drug-likeness (QED) is 0.204. The van der Waals surface area contributed by atoms with Crippen LogP contribution >= 0.6 is 0 Å². The number of aromatic nitrogens is 5. The van der Waals surface area contributed by atoms with Crippen molar-refractivity contribution < 1.29 is 0 Å². The van der Waals surface area contributed by atoms with E-state index in [2.05, 4.69) is 81.1 Å². The number of hydrogen-bond donors (Lipinski definition) is 3. The maximum Gasteiger partial charge on any atom is 0.135 e. The van der Waals surface area contributed by atoms with Crippen LogP contribution in [0.3, 0.4) is 0 Å². The molecule has 0 saturated heterocycles. The largest absolute Gasteiger partial charge is 0.359 e. The van der Waals surface area contributed by atoms with E-state index in [0.29, 0.717) is 5.92 Å². The van der Waals surface area contributed by atoms with Crippen molar-refractivity contribution in [3.63, 3.8) is 0 Å². The molecular formula is C31H28N6. The van der Waals surface area contributed by atoms with E-state index in [1.807, 2.05) is 37.4 Å². The first kappa shape index (κ1) is 22.7. The number of rotatable bonds is 8. The lowest BCUT2D eigenvalue weighted by atomic mass is 10.0. The average molecular weight is 485 g/mol. The monoisotopic (exact) mass is 484 g/mol. The Morgan fingerprint density at radius 1 is 1.11 bits per heavy atom. The Bertz CT molecular complexity index is 1700. The fraction of sp³-hybridized carbons (Fsp3) is 0.129. The fourth-order valence-corrected chi connectivity index (χ4v) is 4.64. The van der Waals surface area contributed by atoms with Crippen molar-refractivity contribution >= 4 is 27.5 Å². The van der Waals surface area contributed by atoms with Gasteiger partial charge in [-0.1, -0.05) is 37.4 Å². The number of nitrogens with zero attached hydrogens (tertiary/aromatic N) is 3. The Morgan fingerprint density at radius 2 is 2.00 bits per heavy atom. The number of benzene rings is 1. The maximum absolute atomic E-state index is 5.03. The Kier molecular flexibility index (Phi) is 5.77. The highest BCUT2D eigenvalue weighted by Gasteiger charge is 2.24.